The molecular weight excluding hydrogens is 198 g/mol. The van der Waals surface area contributed by atoms with E-state index in [-0.39, 0.29) is 0 Å². The molecule has 1 atom stereocenters. The quantitative estimate of drug-likeness (QED) is 0.462. The summed E-state index contributed by atoms with van der Waals surface area (Å²) in [6.07, 6.45) is 9.03. The summed E-state index contributed by atoms with van der Waals surface area (Å²) in [5.74, 6) is 0. The molecular formula is C10H23NO2S. The molecule has 0 rings (SSSR count). The first kappa shape index (κ1) is 13.9. The second-order valence-electron chi connectivity index (χ2n) is 3.76. The summed E-state index contributed by atoms with van der Waals surface area (Å²) in [6, 6.07) is 0. The zero-order valence-corrected chi connectivity index (χ0v) is 9.97. The number of unbranched alkanes of at least 4 members (excludes halogenated alkanes) is 6. The van der Waals surface area contributed by atoms with E-state index in [1.807, 2.05) is 0 Å². The molecule has 0 aliphatic rings. The lowest BCUT2D eigenvalue weighted by Gasteiger charge is -2.03. The van der Waals surface area contributed by atoms with Crippen LogP contribution in [-0.4, -0.2) is 13.8 Å². The van der Waals surface area contributed by atoms with Gasteiger partial charge in [0.15, 0.2) is 10.7 Å². The molecule has 0 aromatic carbocycles. The van der Waals surface area contributed by atoms with Crippen LogP contribution in [0.25, 0.3) is 0 Å². The van der Waals surface area contributed by atoms with Crippen molar-refractivity contribution < 1.29 is 8.42 Å². The van der Waals surface area contributed by atoms with E-state index in [0.717, 1.165) is 12.8 Å². The molecule has 0 bridgehead atoms. The highest BCUT2D eigenvalue weighted by molar-refractivity contribution is 7.73. The highest BCUT2D eigenvalue weighted by Gasteiger charge is 2.03. The minimum absolute atomic E-state index is 0.618. The molecule has 0 aromatic heterocycles. The van der Waals surface area contributed by atoms with Crippen molar-refractivity contribution in [3.8, 4) is 0 Å². The first-order chi connectivity index (χ1) is 6.68. The normalized spacial score (nSPS) is 13.4. The van der Waals surface area contributed by atoms with Crippen molar-refractivity contribution in [2.24, 2.45) is 5.73 Å². The fourth-order valence-electron chi connectivity index (χ4n) is 1.42. The van der Waals surface area contributed by atoms with Crippen LogP contribution in [0.2, 0.25) is 0 Å². The molecule has 14 heavy (non-hydrogen) atoms. The standard InChI is InChI=1S/C10H23NO2S/c1-2-3-4-5-6-7-8-9-10(11)14(12)13/h10,14H,2-9,11H2,1H3. The van der Waals surface area contributed by atoms with Gasteiger partial charge in [0.2, 0.25) is 0 Å². The lowest BCUT2D eigenvalue weighted by Crippen LogP contribution is -2.20. The van der Waals surface area contributed by atoms with Crippen LogP contribution in [0.3, 0.4) is 0 Å². The van der Waals surface area contributed by atoms with Gasteiger partial charge in [-0.2, -0.15) is 0 Å². The van der Waals surface area contributed by atoms with E-state index in [1.165, 1.54) is 32.1 Å². The van der Waals surface area contributed by atoms with Crippen LogP contribution in [0.4, 0.5) is 0 Å². The van der Waals surface area contributed by atoms with Crippen molar-refractivity contribution in [2.75, 3.05) is 0 Å². The third kappa shape index (κ3) is 8.51. The average Bonchev–Trinajstić information content (AvgIpc) is 2.16. The molecule has 0 saturated carbocycles. The van der Waals surface area contributed by atoms with Crippen LogP contribution in [0.5, 0.6) is 0 Å². The summed E-state index contributed by atoms with van der Waals surface area (Å²) >= 11 is 0. The van der Waals surface area contributed by atoms with Crippen LogP contribution in [0.1, 0.15) is 58.3 Å². The van der Waals surface area contributed by atoms with Gasteiger partial charge in [-0.25, -0.2) is 8.42 Å². The largest absolute Gasteiger partial charge is 0.315 e. The van der Waals surface area contributed by atoms with Gasteiger partial charge in [-0.15, -0.1) is 0 Å². The van der Waals surface area contributed by atoms with Crippen molar-refractivity contribution in [1.82, 2.24) is 0 Å². The Morgan fingerprint density at radius 1 is 1.00 bits per heavy atom. The molecule has 2 N–H and O–H groups in total. The molecule has 3 nitrogen and oxygen atoms in total. The highest BCUT2D eigenvalue weighted by atomic mass is 32.2. The maximum atomic E-state index is 10.4. The molecule has 86 valence electrons. The Labute approximate surface area is 89.0 Å². The molecule has 0 aliphatic heterocycles. The topological polar surface area (TPSA) is 60.2 Å². The Morgan fingerprint density at radius 3 is 2.00 bits per heavy atom. The van der Waals surface area contributed by atoms with Gasteiger partial charge >= 0.3 is 0 Å². The zero-order valence-electron chi connectivity index (χ0n) is 9.08. The van der Waals surface area contributed by atoms with Crippen molar-refractivity contribution >= 4 is 10.7 Å². The molecule has 0 amide bonds. The van der Waals surface area contributed by atoms with Crippen LogP contribution < -0.4 is 5.73 Å². The molecule has 0 fully saturated rings. The maximum absolute atomic E-state index is 10.4. The monoisotopic (exact) mass is 221 g/mol. The van der Waals surface area contributed by atoms with Crippen molar-refractivity contribution in [2.45, 2.75) is 63.7 Å². The van der Waals surface area contributed by atoms with Gasteiger partial charge < -0.3 is 5.73 Å². The minimum atomic E-state index is -2.41. The summed E-state index contributed by atoms with van der Waals surface area (Å²) in [5, 5.41) is -0.624. The molecule has 0 aromatic rings. The lowest BCUT2D eigenvalue weighted by molar-refractivity contribution is 0.555. The Hall–Kier alpha value is -0.0900. The van der Waals surface area contributed by atoms with Gasteiger partial charge in [-0.05, 0) is 6.42 Å². The van der Waals surface area contributed by atoms with E-state index < -0.39 is 16.1 Å². The smallest absolute Gasteiger partial charge is 0.155 e. The Balaban J connectivity index is 3.13. The van der Waals surface area contributed by atoms with Crippen LogP contribution in [0, 0.1) is 0 Å². The Morgan fingerprint density at radius 2 is 1.50 bits per heavy atom. The number of nitrogens with two attached hydrogens (primary N) is 1. The highest BCUT2D eigenvalue weighted by Crippen LogP contribution is 2.09. The average molecular weight is 221 g/mol. The summed E-state index contributed by atoms with van der Waals surface area (Å²) in [5.41, 5.74) is 5.38. The van der Waals surface area contributed by atoms with Gasteiger partial charge in [0, 0.05) is 0 Å². The van der Waals surface area contributed by atoms with Crippen molar-refractivity contribution in [1.29, 1.82) is 0 Å². The molecule has 1 unspecified atom stereocenters. The summed E-state index contributed by atoms with van der Waals surface area (Å²) in [4.78, 5) is 0. The molecule has 0 radical (unpaired) electrons. The first-order valence-electron chi connectivity index (χ1n) is 5.57. The Bertz CT molecular complexity index is 185. The predicted octanol–water partition coefficient (Wildman–Crippen LogP) is 2.02. The van der Waals surface area contributed by atoms with E-state index in [9.17, 15) is 8.42 Å². The second kappa shape index (κ2) is 9.46. The van der Waals surface area contributed by atoms with E-state index in [1.54, 1.807) is 0 Å². The fraction of sp³-hybridized carbons (Fsp3) is 1.00. The van der Waals surface area contributed by atoms with Gasteiger partial charge in [-0.3, -0.25) is 0 Å². The van der Waals surface area contributed by atoms with Gasteiger partial charge in [0.25, 0.3) is 0 Å². The van der Waals surface area contributed by atoms with Gasteiger partial charge in [0.1, 0.15) is 5.37 Å². The summed E-state index contributed by atoms with van der Waals surface area (Å²) in [6.45, 7) is 2.20. The summed E-state index contributed by atoms with van der Waals surface area (Å²) < 4.78 is 20.8. The fourth-order valence-corrected chi connectivity index (χ4v) is 1.81. The van der Waals surface area contributed by atoms with Crippen LogP contribution in [0.15, 0.2) is 0 Å². The van der Waals surface area contributed by atoms with Crippen molar-refractivity contribution in [3.05, 3.63) is 0 Å². The van der Waals surface area contributed by atoms with Crippen LogP contribution >= 0.6 is 0 Å². The van der Waals surface area contributed by atoms with Crippen molar-refractivity contribution in [3.63, 3.8) is 0 Å². The zero-order chi connectivity index (χ0) is 10.8. The van der Waals surface area contributed by atoms with Crippen LogP contribution in [-0.2, 0) is 10.7 Å². The molecule has 4 heteroatoms. The minimum Gasteiger partial charge on any atom is -0.315 e. The Kier molecular flexibility index (Phi) is 9.40. The molecule has 0 saturated heterocycles. The lowest BCUT2D eigenvalue weighted by atomic mass is 10.1. The maximum Gasteiger partial charge on any atom is 0.155 e. The third-order valence-corrected chi connectivity index (χ3v) is 3.17. The van der Waals surface area contributed by atoms with Gasteiger partial charge in [0.05, 0.1) is 0 Å². The molecule has 0 spiro atoms. The predicted molar refractivity (Wildman–Crippen MR) is 60.9 cm³/mol. The van der Waals surface area contributed by atoms with Gasteiger partial charge in [-0.1, -0.05) is 51.9 Å². The summed E-state index contributed by atoms with van der Waals surface area (Å²) in [7, 11) is -2.41. The number of rotatable bonds is 9. The van der Waals surface area contributed by atoms with E-state index in [0.29, 0.717) is 6.42 Å². The number of hydrogen-bond donors (Lipinski definition) is 2. The number of hydrogen-bond acceptors (Lipinski definition) is 3. The number of thiol groups is 1. The molecule has 0 heterocycles. The first-order valence-corrected chi connectivity index (χ1v) is 6.82. The van der Waals surface area contributed by atoms with E-state index in [2.05, 4.69) is 6.92 Å². The van der Waals surface area contributed by atoms with E-state index in [4.69, 9.17) is 5.73 Å². The third-order valence-electron chi connectivity index (χ3n) is 2.37. The molecule has 0 aliphatic carbocycles. The second-order valence-corrected chi connectivity index (χ2v) is 5.00. The van der Waals surface area contributed by atoms with E-state index >= 15 is 0 Å². The SMILES string of the molecule is CCCCCCCCCC(N)[SH](=O)=O.